The summed E-state index contributed by atoms with van der Waals surface area (Å²) in [6.07, 6.45) is 0.939. The molecule has 2 N–H and O–H groups in total. The Morgan fingerprint density at radius 1 is 1.11 bits per heavy atom. The third kappa shape index (κ3) is 3.78. The molecule has 27 heavy (non-hydrogen) atoms. The van der Waals surface area contributed by atoms with Crippen LogP contribution in [0.15, 0.2) is 60.7 Å². The van der Waals surface area contributed by atoms with Gasteiger partial charge in [-0.2, -0.15) is 5.10 Å². The van der Waals surface area contributed by atoms with Gasteiger partial charge in [0, 0.05) is 18.7 Å². The molecule has 1 fully saturated rings. The Morgan fingerprint density at radius 3 is 2.67 bits per heavy atom. The van der Waals surface area contributed by atoms with Crippen molar-refractivity contribution in [3.8, 4) is 11.3 Å². The lowest BCUT2D eigenvalue weighted by atomic mass is 10.0. The SMILES string of the molecule is Cc1ccc(-c2cc(C(=O)N3CCCNCC3c3ccccc3)[nH]n2)cc1. The largest absolute Gasteiger partial charge is 0.329 e. The number of amides is 1. The van der Waals surface area contributed by atoms with Gasteiger partial charge in [-0.1, -0.05) is 60.2 Å². The van der Waals surface area contributed by atoms with Crippen molar-refractivity contribution >= 4 is 5.91 Å². The molecule has 5 heteroatoms. The van der Waals surface area contributed by atoms with Gasteiger partial charge in [-0.3, -0.25) is 9.89 Å². The molecule has 1 aliphatic rings. The average molecular weight is 360 g/mol. The number of rotatable bonds is 3. The molecule has 3 aromatic rings. The Balaban J connectivity index is 1.61. The molecular formula is C22H24N4O. The molecule has 2 heterocycles. The van der Waals surface area contributed by atoms with Gasteiger partial charge in [0.05, 0.1) is 11.7 Å². The van der Waals surface area contributed by atoms with Crippen LogP contribution >= 0.6 is 0 Å². The van der Waals surface area contributed by atoms with E-state index in [0.717, 1.165) is 42.9 Å². The van der Waals surface area contributed by atoms with Crippen molar-refractivity contribution in [2.45, 2.75) is 19.4 Å². The summed E-state index contributed by atoms with van der Waals surface area (Å²) in [6, 6.07) is 20.3. The smallest absolute Gasteiger partial charge is 0.272 e. The number of hydrogen-bond donors (Lipinski definition) is 2. The maximum Gasteiger partial charge on any atom is 0.272 e. The van der Waals surface area contributed by atoms with Gasteiger partial charge in [0.25, 0.3) is 5.91 Å². The lowest BCUT2D eigenvalue weighted by molar-refractivity contribution is 0.0685. The molecule has 0 spiro atoms. The Kier molecular flexibility index (Phi) is 5.03. The number of aryl methyl sites for hydroxylation is 1. The van der Waals surface area contributed by atoms with E-state index in [1.54, 1.807) is 0 Å². The molecule has 0 aliphatic carbocycles. The minimum atomic E-state index is -0.00147. The molecule has 1 unspecified atom stereocenters. The standard InChI is InChI=1S/C22H24N4O/c1-16-8-10-17(11-9-16)19-14-20(25-24-19)22(27)26-13-5-12-23-15-21(26)18-6-3-2-4-7-18/h2-4,6-11,14,21,23H,5,12-13,15H2,1H3,(H,24,25). The molecule has 0 radical (unpaired) electrons. The van der Waals surface area contributed by atoms with Crippen LogP contribution in [-0.2, 0) is 0 Å². The zero-order chi connectivity index (χ0) is 18.6. The van der Waals surface area contributed by atoms with Gasteiger partial charge in [0.1, 0.15) is 5.69 Å². The fourth-order valence-corrected chi connectivity index (χ4v) is 3.55. The first-order valence-corrected chi connectivity index (χ1v) is 9.41. The van der Waals surface area contributed by atoms with Crippen LogP contribution in [0.4, 0.5) is 0 Å². The zero-order valence-electron chi connectivity index (χ0n) is 15.5. The predicted molar refractivity (Wildman–Crippen MR) is 106 cm³/mol. The van der Waals surface area contributed by atoms with Crippen LogP contribution in [0.25, 0.3) is 11.3 Å². The number of aromatic amines is 1. The number of carbonyl (C=O) groups excluding carboxylic acids is 1. The van der Waals surface area contributed by atoms with E-state index in [1.165, 1.54) is 5.56 Å². The van der Waals surface area contributed by atoms with Crippen LogP contribution in [-0.4, -0.2) is 40.6 Å². The normalized spacial score (nSPS) is 17.5. The molecule has 5 nitrogen and oxygen atoms in total. The van der Waals surface area contributed by atoms with Crippen molar-refractivity contribution in [1.82, 2.24) is 20.4 Å². The first kappa shape index (κ1) is 17.5. The van der Waals surface area contributed by atoms with E-state index < -0.39 is 0 Å². The van der Waals surface area contributed by atoms with Crippen LogP contribution in [0.1, 0.15) is 34.1 Å². The minimum Gasteiger partial charge on any atom is -0.329 e. The number of aromatic nitrogens is 2. The first-order chi connectivity index (χ1) is 13.2. The predicted octanol–water partition coefficient (Wildman–Crippen LogP) is 3.56. The molecule has 1 atom stereocenters. The lowest BCUT2D eigenvalue weighted by Crippen LogP contribution is -2.37. The van der Waals surface area contributed by atoms with Crippen molar-refractivity contribution in [1.29, 1.82) is 0 Å². The average Bonchev–Trinajstić information content (AvgIpc) is 3.06. The van der Waals surface area contributed by atoms with Gasteiger partial charge in [-0.25, -0.2) is 0 Å². The number of nitrogens with one attached hydrogen (secondary N) is 2. The van der Waals surface area contributed by atoms with E-state index in [2.05, 4.69) is 46.7 Å². The van der Waals surface area contributed by atoms with E-state index in [4.69, 9.17) is 0 Å². The highest BCUT2D eigenvalue weighted by Crippen LogP contribution is 2.25. The van der Waals surface area contributed by atoms with Gasteiger partial charge in [-0.05, 0) is 31.5 Å². The number of benzene rings is 2. The monoisotopic (exact) mass is 360 g/mol. The Bertz CT molecular complexity index is 902. The first-order valence-electron chi connectivity index (χ1n) is 9.41. The number of hydrogen-bond acceptors (Lipinski definition) is 3. The summed E-state index contributed by atoms with van der Waals surface area (Å²) in [5, 5.41) is 10.8. The molecule has 1 amide bonds. The van der Waals surface area contributed by atoms with Gasteiger partial charge in [0.15, 0.2) is 0 Å². The van der Waals surface area contributed by atoms with Crippen LogP contribution in [0.2, 0.25) is 0 Å². The Hall–Kier alpha value is -2.92. The molecule has 1 aliphatic heterocycles. The quantitative estimate of drug-likeness (QED) is 0.751. The number of carbonyl (C=O) groups is 1. The molecule has 0 bridgehead atoms. The summed E-state index contributed by atoms with van der Waals surface area (Å²) in [4.78, 5) is 15.2. The highest BCUT2D eigenvalue weighted by molar-refractivity contribution is 5.93. The summed E-state index contributed by atoms with van der Waals surface area (Å²) < 4.78 is 0. The van der Waals surface area contributed by atoms with E-state index in [0.29, 0.717) is 5.69 Å². The Labute approximate surface area is 159 Å². The number of H-pyrrole nitrogens is 1. The summed E-state index contributed by atoms with van der Waals surface area (Å²) in [7, 11) is 0. The minimum absolute atomic E-state index is 0.00147. The second-order valence-electron chi connectivity index (χ2n) is 7.02. The highest BCUT2D eigenvalue weighted by Gasteiger charge is 2.28. The summed E-state index contributed by atoms with van der Waals surface area (Å²) in [6.45, 7) is 4.46. The van der Waals surface area contributed by atoms with Crippen molar-refractivity contribution < 1.29 is 4.79 Å². The lowest BCUT2D eigenvalue weighted by Gasteiger charge is -2.29. The molecule has 0 saturated carbocycles. The van der Waals surface area contributed by atoms with Crippen molar-refractivity contribution in [3.63, 3.8) is 0 Å². The van der Waals surface area contributed by atoms with Gasteiger partial charge in [-0.15, -0.1) is 0 Å². The van der Waals surface area contributed by atoms with E-state index in [9.17, 15) is 4.79 Å². The summed E-state index contributed by atoms with van der Waals surface area (Å²) in [5.74, 6) is -0.00147. The topological polar surface area (TPSA) is 61.0 Å². The van der Waals surface area contributed by atoms with Gasteiger partial charge < -0.3 is 10.2 Å². The van der Waals surface area contributed by atoms with Crippen LogP contribution in [0.5, 0.6) is 0 Å². The van der Waals surface area contributed by atoms with Crippen molar-refractivity contribution in [3.05, 3.63) is 77.5 Å². The molecule has 1 aromatic heterocycles. The fraction of sp³-hybridized carbons (Fsp3) is 0.273. The number of nitrogens with zero attached hydrogens (tertiary/aromatic N) is 2. The van der Waals surface area contributed by atoms with Crippen LogP contribution in [0.3, 0.4) is 0 Å². The van der Waals surface area contributed by atoms with Gasteiger partial charge in [0.2, 0.25) is 0 Å². The van der Waals surface area contributed by atoms with Crippen molar-refractivity contribution in [2.75, 3.05) is 19.6 Å². The summed E-state index contributed by atoms with van der Waals surface area (Å²) in [5.41, 5.74) is 4.69. The maximum absolute atomic E-state index is 13.3. The third-order valence-corrected chi connectivity index (χ3v) is 5.07. The van der Waals surface area contributed by atoms with Crippen molar-refractivity contribution in [2.24, 2.45) is 0 Å². The third-order valence-electron chi connectivity index (χ3n) is 5.07. The zero-order valence-corrected chi connectivity index (χ0v) is 15.5. The second-order valence-corrected chi connectivity index (χ2v) is 7.02. The van der Waals surface area contributed by atoms with Crippen LogP contribution < -0.4 is 5.32 Å². The molecular weight excluding hydrogens is 336 g/mol. The Morgan fingerprint density at radius 2 is 1.89 bits per heavy atom. The molecule has 1 saturated heterocycles. The van der Waals surface area contributed by atoms with E-state index in [-0.39, 0.29) is 11.9 Å². The van der Waals surface area contributed by atoms with E-state index >= 15 is 0 Å². The summed E-state index contributed by atoms with van der Waals surface area (Å²) >= 11 is 0. The highest BCUT2D eigenvalue weighted by atomic mass is 16.2. The molecule has 138 valence electrons. The van der Waals surface area contributed by atoms with Gasteiger partial charge >= 0.3 is 0 Å². The fourth-order valence-electron chi connectivity index (χ4n) is 3.55. The molecule has 2 aromatic carbocycles. The maximum atomic E-state index is 13.3. The molecule has 4 rings (SSSR count). The van der Waals surface area contributed by atoms with E-state index in [1.807, 2.05) is 41.3 Å². The van der Waals surface area contributed by atoms with Crippen LogP contribution in [0, 0.1) is 6.92 Å². The second kappa shape index (κ2) is 7.76.